The molecule has 0 unspecified atom stereocenters. The Morgan fingerprint density at radius 2 is 2.12 bits per heavy atom. The lowest BCUT2D eigenvalue weighted by Crippen LogP contribution is -2.07. The molecule has 0 aliphatic heterocycles. The molecule has 1 fully saturated rings. The van der Waals surface area contributed by atoms with Crippen LogP contribution in [0.1, 0.15) is 31.2 Å². The van der Waals surface area contributed by atoms with Crippen molar-refractivity contribution in [2.75, 3.05) is 24.7 Å². The number of anilines is 2. The second kappa shape index (κ2) is 7.31. The highest BCUT2D eigenvalue weighted by Gasteiger charge is 2.20. The topological polar surface area (TPSA) is 60.2 Å². The number of rotatable bonds is 7. The van der Waals surface area contributed by atoms with Crippen LogP contribution >= 0.6 is 11.6 Å². The molecular formula is C19H24ClN3O. The Morgan fingerprint density at radius 3 is 2.83 bits per heavy atom. The van der Waals surface area contributed by atoms with E-state index in [2.05, 4.69) is 10.3 Å². The summed E-state index contributed by atoms with van der Waals surface area (Å²) in [4.78, 5) is 4.39. The summed E-state index contributed by atoms with van der Waals surface area (Å²) in [5.74, 6) is 2.37. The molecule has 128 valence electrons. The van der Waals surface area contributed by atoms with Gasteiger partial charge in [0, 0.05) is 18.3 Å². The summed E-state index contributed by atoms with van der Waals surface area (Å²) in [7, 11) is 1.62. The molecule has 1 aliphatic carbocycles. The molecule has 2 aromatic rings. The first-order valence-electron chi connectivity index (χ1n) is 8.43. The molecule has 0 radical (unpaired) electrons. The average molecular weight is 346 g/mol. The third-order valence-corrected chi connectivity index (χ3v) is 4.85. The Morgan fingerprint density at radius 1 is 1.33 bits per heavy atom. The minimum Gasteiger partial charge on any atom is -0.495 e. The van der Waals surface area contributed by atoms with Crippen LogP contribution in [0.3, 0.4) is 0 Å². The third kappa shape index (κ3) is 3.75. The number of hydrogen-bond donors (Lipinski definition) is 2. The first-order valence-corrected chi connectivity index (χ1v) is 8.80. The number of halogens is 1. The van der Waals surface area contributed by atoms with Crippen LogP contribution in [0.25, 0.3) is 11.1 Å². The molecule has 5 heteroatoms. The Bertz CT molecular complexity index is 729. The number of benzene rings is 1. The van der Waals surface area contributed by atoms with Crippen molar-refractivity contribution in [3.05, 3.63) is 35.0 Å². The number of nitrogen functional groups attached to an aromatic ring is 1. The predicted molar refractivity (Wildman–Crippen MR) is 101 cm³/mol. The minimum atomic E-state index is 0.577. The molecule has 1 heterocycles. The van der Waals surface area contributed by atoms with Crippen molar-refractivity contribution in [3.63, 3.8) is 0 Å². The summed E-state index contributed by atoms with van der Waals surface area (Å²) in [6.45, 7) is 2.93. The molecule has 1 aliphatic rings. The summed E-state index contributed by atoms with van der Waals surface area (Å²) in [5.41, 5.74) is 10.0. The van der Waals surface area contributed by atoms with Crippen LogP contribution in [0.15, 0.2) is 24.4 Å². The monoisotopic (exact) mass is 345 g/mol. The van der Waals surface area contributed by atoms with Crippen molar-refractivity contribution in [3.8, 4) is 16.9 Å². The zero-order valence-corrected chi connectivity index (χ0v) is 15.0. The van der Waals surface area contributed by atoms with Gasteiger partial charge < -0.3 is 15.8 Å². The standard InChI is InChI=1S/C19H24ClN3O/c1-12-10-17(24-2)16(20)11-15(12)14-7-9-23-19(18(14)21)22-8-3-4-13-5-6-13/h7,9-11,13H,3-6,8,21H2,1-2H3,(H,22,23). The van der Waals surface area contributed by atoms with Crippen LogP contribution in [0, 0.1) is 12.8 Å². The Kier molecular flexibility index (Phi) is 5.14. The highest BCUT2D eigenvalue weighted by atomic mass is 35.5. The van der Waals surface area contributed by atoms with Crippen LogP contribution in [-0.4, -0.2) is 18.6 Å². The van der Waals surface area contributed by atoms with Crippen molar-refractivity contribution in [2.24, 2.45) is 5.92 Å². The number of nitrogens with one attached hydrogen (secondary N) is 1. The van der Waals surface area contributed by atoms with E-state index in [-0.39, 0.29) is 0 Å². The number of pyridine rings is 1. The van der Waals surface area contributed by atoms with E-state index < -0.39 is 0 Å². The number of ether oxygens (including phenoxy) is 1. The molecule has 4 nitrogen and oxygen atoms in total. The van der Waals surface area contributed by atoms with E-state index in [4.69, 9.17) is 22.1 Å². The first-order chi connectivity index (χ1) is 11.6. The van der Waals surface area contributed by atoms with Gasteiger partial charge in [0.15, 0.2) is 0 Å². The maximum absolute atomic E-state index is 6.36. The lowest BCUT2D eigenvalue weighted by atomic mass is 9.99. The van der Waals surface area contributed by atoms with Crippen molar-refractivity contribution in [1.82, 2.24) is 4.98 Å². The molecule has 24 heavy (non-hydrogen) atoms. The van der Waals surface area contributed by atoms with Gasteiger partial charge >= 0.3 is 0 Å². The van der Waals surface area contributed by atoms with Crippen LogP contribution in [0.4, 0.5) is 11.5 Å². The van der Waals surface area contributed by atoms with Gasteiger partial charge in [-0.15, -0.1) is 0 Å². The number of nitrogens with two attached hydrogens (primary N) is 1. The number of aryl methyl sites for hydroxylation is 1. The zero-order valence-electron chi connectivity index (χ0n) is 14.2. The number of methoxy groups -OCH3 is 1. The number of aromatic nitrogens is 1. The largest absolute Gasteiger partial charge is 0.495 e. The zero-order chi connectivity index (χ0) is 17.1. The van der Waals surface area contributed by atoms with Crippen molar-refractivity contribution >= 4 is 23.1 Å². The maximum Gasteiger partial charge on any atom is 0.149 e. The highest BCUT2D eigenvalue weighted by molar-refractivity contribution is 6.32. The van der Waals surface area contributed by atoms with Crippen LogP contribution in [0.2, 0.25) is 5.02 Å². The molecule has 3 N–H and O–H groups in total. The third-order valence-electron chi connectivity index (χ3n) is 4.56. The average Bonchev–Trinajstić information content (AvgIpc) is 3.39. The number of nitrogens with zero attached hydrogens (tertiary/aromatic N) is 1. The van der Waals surface area contributed by atoms with Gasteiger partial charge in [-0.3, -0.25) is 0 Å². The molecule has 0 bridgehead atoms. The SMILES string of the molecule is COc1cc(C)c(-c2ccnc(NCCCC3CC3)c2N)cc1Cl. The van der Waals surface area contributed by atoms with Gasteiger partial charge in [-0.2, -0.15) is 0 Å². The summed E-state index contributed by atoms with van der Waals surface area (Å²) in [6, 6.07) is 5.76. The van der Waals surface area contributed by atoms with E-state index in [1.807, 2.05) is 25.1 Å². The van der Waals surface area contributed by atoms with Gasteiger partial charge in [-0.1, -0.05) is 24.4 Å². The van der Waals surface area contributed by atoms with E-state index in [1.54, 1.807) is 13.3 Å². The smallest absolute Gasteiger partial charge is 0.149 e. The van der Waals surface area contributed by atoms with E-state index in [1.165, 1.54) is 19.3 Å². The Labute approximate surface area is 148 Å². The summed E-state index contributed by atoms with van der Waals surface area (Å²) < 4.78 is 5.27. The molecule has 0 saturated heterocycles. The van der Waals surface area contributed by atoms with E-state index in [0.29, 0.717) is 16.5 Å². The molecule has 0 atom stereocenters. The summed E-state index contributed by atoms with van der Waals surface area (Å²) >= 11 is 6.28. The fraction of sp³-hybridized carbons (Fsp3) is 0.421. The lowest BCUT2D eigenvalue weighted by molar-refractivity contribution is 0.415. The van der Waals surface area contributed by atoms with Crippen molar-refractivity contribution in [1.29, 1.82) is 0 Å². The summed E-state index contributed by atoms with van der Waals surface area (Å²) in [5, 5.41) is 3.95. The fourth-order valence-electron chi connectivity index (χ4n) is 2.95. The maximum atomic E-state index is 6.36. The summed E-state index contributed by atoms with van der Waals surface area (Å²) in [6.07, 6.45) is 7.02. The van der Waals surface area contributed by atoms with Gasteiger partial charge in [0.05, 0.1) is 17.8 Å². The van der Waals surface area contributed by atoms with Crippen LogP contribution in [-0.2, 0) is 0 Å². The van der Waals surface area contributed by atoms with E-state index in [0.717, 1.165) is 41.4 Å². The normalized spacial score (nSPS) is 13.8. The van der Waals surface area contributed by atoms with Gasteiger partial charge in [-0.05, 0) is 55.0 Å². The molecule has 1 saturated carbocycles. The second-order valence-electron chi connectivity index (χ2n) is 6.43. The van der Waals surface area contributed by atoms with Gasteiger partial charge in [0.1, 0.15) is 11.6 Å². The lowest BCUT2D eigenvalue weighted by Gasteiger charge is -2.15. The fourth-order valence-corrected chi connectivity index (χ4v) is 3.20. The van der Waals surface area contributed by atoms with Gasteiger partial charge in [0.2, 0.25) is 0 Å². The minimum absolute atomic E-state index is 0.577. The van der Waals surface area contributed by atoms with Crippen molar-refractivity contribution < 1.29 is 4.74 Å². The first kappa shape index (κ1) is 16.9. The Hall–Kier alpha value is -1.94. The van der Waals surface area contributed by atoms with Crippen molar-refractivity contribution in [2.45, 2.75) is 32.6 Å². The van der Waals surface area contributed by atoms with E-state index >= 15 is 0 Å². The van der Waals surface area contributed by atoms with Gasteiger partial charge in [0.25, 0.3) is 0 Å². The Balaban J connectivity index is 1.80. The molecule has 0 amide bonds. The molecular weight excluding hydrogens is 322 g/mol. The van der Waals surface area contributed by atoms with Gasteiger partial charge in [-0.25, -0.2) is 4.98 Å². The van der Waals surface area contributed by atoms with Crippen LogP contribution < -0.4 is 15.8 Å². The predicted octanol–water partition coefficient (Wildman–Crippen LogP) is 4.90. The van der Waals surface area contributed by atoms with E-state index in [9.17, 15) is 0 Å². The quantitative estimate of drug-likeness (QED) is 0.700. The van der Waals surface area contributed by atoms with Crippen LogP contribution in [0.5, 0.6) is 5.75 Å². The molecule has 3 rings (SSSR count). The molecule has 0 spiro atoms. The molecule has 1 aromatic carbocycles. The second-order valence-corrected chi connectivity index (χ2v) is 6.84. The molecule has 1 aromatic heterocycles. The number of hydrogen-bond acceptors (Lipinski definition) is 4. The highest BCUT2D eigenvalue weighted by Crippen LogP contribution is 2.37.